The van der Waals surface area contributed by atoms with Crippen molar-refractivity contribution < 1.29 is 9.59 Å². The van der Waals surface area contributed by atoms with E-state index >= 15 is 0 Å². The van der Waals surface area contributed by atoms with Crippen molar-refractivity contribution in [1.82, 2.24) is 10.6 Å². The molecule has 4 heteroatoms. The number of nitrogens with one attached hydrogen (secondary N) is 2. The van der Waals surface area contributed by atoms with Crippen LogP contribution in [-0.2, 0) is 9.59 Å². The first kappa shape index (κ1) is 10.7. The molecule has 0 rings (SSSR count). The SMILES string of the molecule is C=C(C)C(=O)NCC(=O)NCC. The van der Waals surface area contributed by atoms with E-state index in [1.165, 1.54) is 0 Å². The lowest BCUT2D eigenvalue weighted by Crippen LogP contribution is -2.36. The van der Waals surface area contributed by atoms with E-state index in [0.29, 0.717) is 12.1 Å². The van der Waals surface area contributed by atoms with Gasteiger partial charge in [0.15, 0.2) is 0 Å². The Morgan fingerprint density at radius 1 is 1.33 bits per heavy atom. The van der Waals surface area contributed by atoms with Crippen LogP contribution in [0.2, 0.25) is 0 Å². The van der Waals surface area contributed by atoms with Crippen LogP contribution in [0.4, 0.5) is 0 Å². The van der Waals surface area contributed by atoms with E-state index in [9.17, 15) is 9.59 Å². The molecule has 0 heterocycles. The van der Waals surface area contributed by atoms with Crippen LogP contribution < -0.4 is 10.6 Å². The van der Waals surface area contributed by atoms with Gasteiger partial charge < -0.3 is 10.6 Å². The number of carbonyl (C=O) groups is 2. The molecule has 68 valence electrons. The third kappa shape index (κ3) is 4.49. The van der Waals surface area contributed by atoms with Crippen molar-refractivity contribution in [3.8, 4) is 0 Å². The fraction of sp³-hybridized carbons (Fsp3) is 0.500. The molecule has 0 saturated heterocycles. The summed E-state index contributed by atoms with van der Waals surface area (Å²) < 4.78 is 0. The van der Waals surface area contributed by atoms with E-state index in [1.807, 2.05) is 6.92 Å². The first-order valence-electron chi connectivity index (χ1n) is 3.78. The summed E-state index contributed by atoms with van der Waals surface area (Å²) in [6.07, 6.45) is 0. The van der Waals surface area contributed by atoms with Gasteiger partial charge in [0.1, 0.15) is 0 Å². The molecule has 0 radical (unpaired) electrons. The summed E-state index contributed by atoms with van der Waals surface area (Å²) in [5, 5.41) is 4.97. The van der Waals surface area contributed by atoms with E-state index in [-0.39, 0.29) is 18.4 Å². The quantitative estimate of drug-likeness (QED) is 0.575. The van der Waals surface area contributed by atoms with Gasteiger partial charge in [-0.3, -0.25) is 9.59 Å². The van der Waals surface area contributed by atoms with E-state index in [0.717, 1.165) is 0 Å². The number of hydrogen-bond donors (Lipinski definition) is 2. The zero-order valence-corrected chi connectivity index (χ0v) is 7.44. The van der Waals surface area contributed by atoms with Gasteiger partial charge in [-0.05, 0) is 13.8 Å². The standard InChI is InChI=1S/C8H14N2O2/c1-4-9-7(11)5-10-8(12)6(2)3/h2,4-5H2,1,3H3,(H,9,11)(H,10,12). The van der Waals surface area contributed by atoms with Crippen molar-refractivity contribution in [1.29, 1.82) is 0 Å². The largest absolute Gasteiger partial charge is 0.355 e. The van der Waals surface area contributed by atoms with Crippen LogP contribution in [-0.4, -0.2) is 24.9 Å². The molecule has 0 saturated carbocycles. The lowest BCUT2D eigenvalue weighted by molar-refractivity contribution is -0.124. The highest BCUT2D eigenvalue weighted by Gasteiger charge is 2.03. The van der Waals surface area contributed by atoms with E-state index in [1.54, 1.807) is 6.92 Å². The maximum Gasteiger partial charge on any atom is 0.246 e. The van der Waals surface area contributed by atoms with Crippen LogP contribution >= 0.6 is 0 Å². The fourth-order valence-electron chi connectivity index (χ4n) is 0.571. The molecule has 0 aliphatic rings. The molecule has 0 bridgehead atoms. The van der Waals surface area contributed by atoms with Crippen molar-refractivity contribution in [3.63, 3.8) is 0 Å². The van der Waals surface area contributed by atoms with E-state index in [4.69, 9.17) is 0 Å². The predicted molar refractivity (Wildman–Crippen MR) is 46.5 cm³/mol. The second-order valence-electron chi connectivity index (χ2n) is 2.42. The van der Waals surface area contributed by atoms with Crippen LogP contribution in [0.5, 0.6) is 0 Å². The van der Waals surface area contributed by atoms with Gasteiger partial charge in [0, 0.05) is 12.1 Å². The summed E-state index contributed by atoms with van der Waals surface area (Å²) in [6.45, 7) is 7.43. The lowest BCUT2D eigenvalue weighted by atomic mass is 10.3. The summed E-state index contributed by atoms with van der Waals surface area (Å²) in [5.74, 6) is -0.478. The summed E-state index contributed by atoms with van der Waals surface area (Å²) in [7, 11) is 0. The number of likely N-dealkylation sites (N-methyl/N-ethyl adjacent to an activating group) is 1. The third-order valence-electron chi connectivity index (χ3n) is 1.17. The van der Waals surface area contributed by atoms with Gasteiger partial charge in [0.2, 0.25) is 11.8 Å². The Hall–Kier alpha value is -1.32. The Kier molecular flexibility index (Phi) is 4.76. The summed E-state index contributed by atoms with van der Waals surface area (Å²) in [6, 6.07) is 0. The number of amides is 2. The maximum atomic E-state index is 10.9. The third-order valence-corrected chi connectivity index (χ3v) is 1.17. The monoisotopic (exact) mass is 170 g/mol. The minimum atomic E-state index is -0.291. The molecule has 0 unspecified atom stereocenters. The van der Waals surface area contributed by atoms with Crippen molar-refractivity contribution in [3.05, 3.63) is 12.2 Å². The van der Waals surface area contributed by atoms with Gasteiger partial charge in [-0.1, -0.05) is 6.58 Å². The molecule has 0 aliphatic carbocycles. The molecule has 12 heavy (non-hydrogen) atoms. The molecule has 0 fully saturated rings. The minimum Gasteiger partial charge on any atom is -0.355 e. The molecule has 0 atom stereocenters. The number of hydrogen-bond acceptors (Lipinski definition) is 2. The first-order chi connectivity index (χ1) is 5.57. The van der Waals surface area contributed by atoms with Crippen LogP contribution in [0.15, 0.2) is 12.2 Å². The highest BCUT2D eigenvalue weighted by Crippen LogP contribution is 1.83. The molecular weight excluding hydrogens is 156 g/mol. The second-order valence-corrected chi connectivity index (χ2v) is 2.42. The molecule has 0 aromatic carbocycles. The maximum absolute atomic E-state index is 10.9. The van der Waals surface area contributed by atoms with E-state index in [2.05, 4.69) is 17.2 Å². The zero-order chi connectivity index (χ0) is 9.56. The van der Waals surface area contributed by atoms with Crippen molar-refractivity contribution in [2.24, 2.45) is 0 Å². The first-order valence-corrected chi connectivity index (χ1v) is 3.78. The van der Waals surface area contributed by atoms with Gasteiger partial charge in [-0.15, -0.1) is 0 Å². The van der Waals surface area contributed by atoms with Gasteiger partial charge in [0.25, 0.3) is 0 Å². The highest BCUT2D eigenvalue weighted by atomic mass is 16.2. The predicted octanol–water partition coefficient (Wildman–Crippen LogP) is -0.185. The zero-order valence-electron chi connectivity index (χ0n) is 7.44. The fourth-order valence-corrected chi connectivity index (χ4v) is 0.571. The molecule has 2 N–H and O–H groups in total. The van der Waals surface area contributed by atoms with Crippen LogP contribution in [0, 0.1) is 0 Å². The van der Waals surface area contributed by atoms with Crippen molar-refractivity contribution >= 4 is 11.8 Å². The normalized spacial score (nSPS) is 8.83. The molecule has 0 aliphatic heterocycles. The molecular formula is C8H14N2O2. The molecule has 0 spiro atoms. The lowest BCUT2D eigenvalue weighted by Gasteiger charge is -2.03. The molecule has 0 aromatic rings. The molecule has 4 nitrogen and oxygen atoms in total. The Bertz CT molecular complexity index is 199. The number of rotatable bonds is 4. The Balaban J connectivity index is 3.61. The van der Waals surface area contributed by atoms with Crippen LogP contribution in [0.25, 0.3) is 0 Å². The minimum absolute atomic E-state index is 0.0134. The average Bonchev–Trinajstić information content (AvgIpc) is 2.00. The van der Waals surface area contributed by atoms with Crippen LogP contribution in [0.3, 0.4) is 0 Å². The van der Waals surface area contributed by atoms with Gasteiger partial charge in [-0.2, -0.15) is 0 Å². The van der Waals surface area contributed by atoms with Crippen molar-refractivity contribution in [2.45, 2.75) is 13.8 Å². The number of carbonyl (C=O) groups excluding carboxylic acids is 2. The Labute approximate surface area is 72.0 Å². The highest BCUT2D eigenvalue weighted by molar-refractivity contribution is 5.94. The van der Waals surface area contributed by atoms with Gasteiger partial charge in [0.05, 0.1) is 6.54 Å². The topological polar surface area (TPSA) is 58.2 Å². The van der Waals surface area contributed by atoms with Crippen molar-refractivity contribution in [2.75, 3.05) is 13.1 Å². The van der Waals surface area contributed by atoms with Crippen LogP contribution in [0.1, 0.15) is 13.8 Å². The smallest absolute Gasteiger partial charge is 0.246 e. The summed E-state index contributed by atoms with van der Waals surface area (Å²) >= 11 is 0. The molecule has 2 amide bonds. The Morgan fingerprint density at radius 2 is 1.92 bits per heavy atom. The summed E-state index contributed by atoms with van der Waals surface area (Å²) in [4.78, 5) is 21.7. The summed E-state index contributed by atoms with van der Waals surface area (Å²) in [5.41, 5.74) is 0.402. The Morgan fingerprint density at radius 3 is 2.33 bits per heavy atom. The van der Waals surface area contributed by atoms with Gasteiger partial charge in [-0.25, -0.2) is 0 Å². The second kappa shape index (κ2) is 5.35. The van der Waals surface area contributed by atoms with E-state index < -0.39 is 0 Å². The van der Waals surface area contributed by atoms with Gasteiger partial charge >= 0.3 is 0 Å². The average molecular weight is 170 g/mol. The molecule has 0 aromatic heterocycles.